The molecule has 1 N–H and O–H groups in total. The van der Waals surface area contributed by atoms with E-state index >= 15 is 0 Å². The zero-order chi connectivity index (χ0) is 16.3. The van der Waals surface area contributed by atoms with Crippen LogP contribution >= 0.6 is 11.5 Å². The van der Waals surface area contributed by atoms with Crippen LogP contribution < -0.4 is 15.0 Å². The molecule has 5 nitrogen and oxygen atoms in total. The second kappa shape index (κ2) is 6.71. The number of nitrogens with one attached hydrogen (secondary N) is 1. The van der Waals surface area contributed by atoms with Gasteiger partial charge in [0.2, 0.25) is 0 Å². The van der Waals surface area contributed by atoms with E-state index in [1.807, 2.05) is 10.3 Å². The molecule has 0 spiro atoms. The number of rotatable bonds is 5. The summed E-state index contributed by atoms with van der Waals surface area (Å²) in [5, 5.41) is 9.24. The van der Waals surface area contributed by atoms with Crippen LogP contribution in [0.25, 0.3) is 0 Å². The zero-order valence-corrected chi connectivity index (χ0v) is 12.9. The maximum atomic E-state index is 12.3. The van der Waals surface area contributed by atoms with Crippen molar-refractivity contribution in [3.8, 4) is 5.75 Å². The Kier molecular flexibility index (Phi) is 4.67. The van der Waals surface area contributed by atoms with Crippen LogP contribution in [0.1, 0.15) is 12.1 Å². The Bertz CT molecular complexity index is 635. The van der Waals surface area contributed by atoms with Crippen molar-refractivity contribution in [1.29, 1.82) is 0 Å². The Labute approximate surface area is 135 Å². The van der Waals surface area contributed by atoms with Gasteiger partial charge in [-0.2, -0.15) is 0 Å². The summed E-state index contributed by atoms with van der Waals surface area (Å²) in [6, 6.07) is 6.34. The summed E-state index contributed by atoms with van der Waals surface area (Å²) in [7, 11) is 0. The van der Waals surface area contributed by atoms with Crippen LogP contribution in [0.3, 0.4) is 0 Å². The van der Waals surface area contributed by atoms with Gasteiger partial charge in [-0.15, -0.1) is 18.3 Å². The highest BCUT2D eigenvalue weighted by molar-refractivity contribution is 7.03. The van der Waals surface area contributed by atoms with Crippen molar-refractivity contribution in [1.82, 2.24) is 14.9 Å². The fourth-order valence-electron chi connectivity index (χ4n) is 2.55. The lowest BCUT2D eigenvalue weighted by atomic mass is 10.2. The molecule has 124 valence electrons. The van der Waals surface area contributed by atoms with Crippen LogP contribution in [0.2, 0.25) is 0 Å². The van der Waals surface area contributed by atoms with Gasteiger partial charge in [0.15, 0.2) is 0 Å². The molecule has 9 heteroatoms. The number of nitrogens with zero attached hydrogens (tertiary/aromatic N) is 3. The summed E-state index contributed by atoms with van der Waals surface area (Å²) < 4.78 is 44.6. The Morgan fingerprint density at radius 3 is 3.00 bits per heavy atom. The van der Waals surface area contributed by atoms with Crippen molar-refractivity contribution in [2.75, 3.05) is 18.0 Å². The summed E-state index contributed by atoms with van der Waals surface area (Å²) in [4.78, 5) is 2.04. The second-order valence-electron chi connectivity index (χ2n) is 5.25. The molecule has 3 rings (SSSR count). The highest BCUT2D eigenvalue weighted by atomic mass is 32.1. The van der Waals surface area contributed by atoms with E-state index in [-0.39, 0.29) is 11.8 Å². The highest BCUT2D eigenvalue weighted by Crippen LogP contribution is 2.28. The van der Waals surface area contributed by atoms with Crippen molar-refractivity contribution in [3.05, 3.63) is 35.3 Å². The van der Waals surface area contributed by atoms with Crippen LogP contribution in [0.4, 0.5) is 18.9 Å². The minimum Gasteiger partial charge on any atom is -0.406 e. The summed E-state index contributed by atoms with van der Waals surface area (Å²) in [6.07, 6.45) is -3.75. The van der Waals surface area contributed by atoms with Crippen LogP contribution in [-0.2, 0) is 6.54 Å². The molecule has 1 aliphatic rings. The molecule has 1 atom stereocenters. The molecular weight excluding hydrogens is 329 g/mol. The van der Waals surface area contributed by atoms with Gasteiger partial charge < -0.3 is 15.0 Å². The van der Waals surface area contributed by atoms with Crippen LogP contribution in [-0.4, -0.2) is 35.1 Å². The maximum absolute atomic E-state index is 12.3. The van der Waals surface area contributed by atoms with E-state index in [1.54, 1.807) is 12.1 Å². The van der Waals surface area contributed by atoms with E-state index in [2.05, 4.69) is 19.6 Å². The molecule has 0 radical (unpaired) electrons. The van der Waals surface area contributed by atoms with Gasteiger partial charge in [0.25, 0.3) is 0 Å². The first-order chi connectivity index (χ1) is 11.0. The molecule has 0 bridgehead atoms. The number of anilines is 1. The summed E-state index contributed by atoms with van der Waals surface area (Å²) in [5.41, 5.74) is 1.63. The molecule has 1 aromatic heterocycles. The molecule has 1 aliphatic heterocycles. The van der Waals surface area contributed by atoms with Gasteiger partial charge in [0.05, 0.1) is 5.69 Å². The molecule has 23 heavy (non-hydrogen) atoms. The van der Waals surface area contributed by atoms with Gasteiger partial charge in [-0.05, 0) is 30.1 Å². The average Bonchev–Trinajstić information content (AvgIpc) is 3.15. The average molecular weight is 344 g/mol. The van der Waals surface area contributed by atoms with Crippen molar-refractivity contribution >= 4 is 17.2 Å². The van der Waals surface area contributed by atoms with Crippen molar-refractivity contribution in [2.45, 2.75) is 25.4 Å². The fraction of sp³-hybridized carbons (Fsp3) is 0.429. The molecule has 1 saturated heterocycles. The SMILES string of the molecule is FC(F)(F)Oc1cccc(N2CC[C@@H](NCc3csnn3)C2)c1. The van der Waals surface area contributed by atoms with Crippen molar-refractivity contribution in [2.24, 2.45) is 0 Å². The van der Waals surface area contributed by atoms with Gasteiger partial charge in [-0.3, -0.25) is 0 Å². The Balaban J connectivity index is 1.57. The third-order valence-electron chi connectivity index (χ3n) is 3.58. The smallest absolute Gasteiger partial charge is 0.406 e. The fourth-order valence-corrected chi connectivity index (χ4v) is 3.00. The standard InChI is InChI=1S/C14H15F3N4OS/c15-14(16,17)22-13-3-1-2-12(6-13)21-5-4-10(8-21)18-7-11-9-23-20-19-11/h1-3,6,9-10,18H,4-5,7-8H2/t10-/m1/s1. The monoisotopic (exact) mass is 344 g/mol. The third-order valence-corrected chi connectivity index (χ3v) is 4.14. The molecule has 0 aliphatic carbocycles. The number of aromatic nitrogens is 2. The Hall–Kier alpha value is -1.87. The quantitative estimate of drug-likeness (QED) is 0.904. The van der Waals surface area contributed by atoms with Gasteiger partial charge in [0.1, 0.15) is 5.75 Å². The van der Waals surface area contributed by atoms with Crippen molar-refractivity contribution in [3.63, 3.8) is 0 Å². The third kappa shape index (κ3) is 4.55. The van der Waals surface area contributed by atoms with E-state index in [4.69, 9.17) is 0 Å². The van der Waals surface area contributed by atoms with E-state index in [0.29, 0.717) is 6.54 Å². The Morgan fingerprint density at radius 1 is 1.39 bits per heavy atom. The lowest BCUT2D eigenvalue weighted by Crippen LogP contribution is -2.32. The van der Waals surface area contributed by atoms with E-state index in [1.165, 1.54) is 23.7 Å². The largest absolute Gasteiger partial charge is 0.573 e. The molecular formula is C14H15F3N4OS. The first-order valence-electron chi connectivity index (χ1n) is 7.10. The number of ether oxygens (including phenoxy) is 1. The predicted octanol–water partition coefficient (Wildman–Crippen LogP) is 2.81. The van der Waals surface area contributed by atoms with E-state index < -0.39 is 6.36 Å². The number of halogens is 3. The molecule has 1 aromatic carbocycles. The van der Waals surface area contributed by atoms with Gasteiger partial charge >= 0.3 is 6.36 Å². The van der Waals surface area contributed by atoms with Gasteiger partial charge in [0, 0.05) is 42.8 Å². The number of hydrogen-bond acceptors (Lipinski definition) is 6. The molecule has 2 heterocycles. The Morgan fingerprint density at radius 2 is 2.26 bits per heavy atom. The molecule has 0 unspecified atom stereocenters. The molecule has 1 fully saturated rings. The topological polar surface area (TPSA) is 50.3 Å². The molecule has 0 amide bonds. The summed E-state index contributed by atoms with van der Waals surface area (Å²) in [5.74, 6) is -0.194. The predicted molar refractivity (Wildman–Crippen MR) is 80.5 cm³/mol. The van der Waals surface area contributed by atoms with Crippen LogP contribution in [0, 0.1) is 0 Å². The zero-order valence-electron chi connectivity index (χ0n) is 12.1. The lowest BCUT2D eigenvalue weighted by molar-refractivity contribution is -0.274. The first-order valence-corrected chi connectivity index (χ1v) is 7.93. The number of alkyl halides is 3. The van der Waals surface area contributed by atoms with E-state index in [0.717, 1.165) is 30.9 Å². The minimum atomic E-state index is -4.67. The summed E-state index contributed by atoms with van der Waals surface area (Å²) >= 11 is 1.31. The van der Waals surface area contributed by atoms with Gasteiger partial charge in [-0.1, -0.05) is 10.6 Å². The second-order valence-corrected chi connectivity index (χ2v) is 5.86. The number of benzene rings is 1. The van der Waals surface area contributed by atoms with Crippen molar-refractivity contribution < 1.29 is 17.9 Å². The molecule has 2 aromatic rings. The highest BCUT2D eigenvalue weighted by Gasteiger charge is 2.31. The maximum Gasteiger partial charge on any atom is 0.573 e. The minimum absolute atomic E-state index is 0.194. The molecule has 0 saturated carbocycles. The van der Waals surface area contributed by atoms with Crippen LogP contribution in [0.5, 0.6) is 5.75 Å². The summed E-state index contributed by atoms with van der Waals surface area (Å²) in [6.45, 7) is 2.15. The van der Waals surface area contributed by atoms with Gasteiger partial charge in [-0.25, -0.2) is 0 Å². The van der Waals surface area contributed by atoms with E-state index in [9.17, 15) is 13.2 Å². The first kappa shape index (κ1) is 16.0. The van der Waals surface area contributed by atoms with Crippen LogP contribution in [0.15, 0.2) is 29.6 Å². The lowest BCUT2D eigenvalue weighted by Gasteiger charge is -2.20. The normalized spacial score (nSPS) is 18.4. The number of hydrogen-bond donors (Lipinski definition) is 1.